The van der Waals surface area contributed by atoms with Crippen LogP contribution in [0.1, 0.15) is 24.0 Å². The lowest BCUT2D eigenvalue weighted by atomic mass is 10.1. The van der Waals surface area contributed by atoms with Gasteiger partial charge in [-0.05, 0) is 31.4 Å². The lowest BCUT2D eigenvalue weighted by molar-refractivity contribution is 0.792. The van der Waals surface area contributed by atoms with Crippen molar-refractivity contribution in [3.05, 3.63) is 35.4 Å². The largest absolute Gasteiger partial charge is 0.237 e. The predicted molar refractivity (Wildman–Crippen MR) is 67.8 cm³/mol. The minimum Gasteiger partial charge on any atom is -0.150 e. The summed E-state index contributed by atoms with van der Waals surface area (Å²) in [6, 6.07) is 9.76. The Labute approximate surface area is 97.3 Å². The van der Waals surface area contributed by atoms with Gasteiger partial charge in [0.2, 0.25) is 7.42 Å². The molecule has 0 spiro atoms. The number of halogens is 2. The smallest absolute Gasteiger partial charge is 0.150 e. The van der Waals surface area contributed by atoms with Crippen LogP contribution in [0.3, 0.4) is 0 Å². The van der Waals surface area contributed by atoms with Crippen LogP contribution in [-0.4, -0.2) is 7.42 Å². The Morgan fingerprint density at radius 1 is 1.07 bits per heavy atom. The lowest BCUT2D eigenvalue weighted by Gasteiger charge is -2.02. The standard InChI is InChI=1S/C11H16Cl2Si/c1-10-5-7-11(8-6-10)4-2-3-9-14(12)13/h5-8,14H,2-4,9H2,1H3. The molecule has 3 heteroatoms. The van der Waals surface area contributed by atoms with E-state index in [9.17, 15) is 0 Å². The Morgan fingerprint density at radius 2 is 1.71 bits per heavy atom. The van der Waals surface area contributed by atoms with E-state index in [1.807, 2.05) is 0 Å². The van der Waals surface area contributed by atoms with E-state index in [0.717, 1.165) is 18.9 Å². The Hall–Kier alpha value is 0.0169. The van der Waals surface area contributed by atoms with Crippen LogP contribution in [0, 0.1) is 6.92 Å². The van der Waals surface area contributed by atoms with Crippen LogP contribution < -0.4 is 0 Å². The molecule has 0 saturated heterocycles. The van der Waals surface area contributed by atoms with E-state index in [-0.39, 0.29) is 0 Å². The molecule has 0 saturated carbocycles. The van der Waals surface area contributed by atoms with Crippen LogP contribution in [0.2, 0.25) is 6.04 Å². The average molecular weight is 247 g/mol. The second-order valence-corrected chi connectivity index (χ2v) is 8.81. The van der Waals surface area contributed by atoms with Gasteiger partial charge in [0.25, 0.3) is 0 Å². The van der Waals surface area contributed by atoms with Crippen molar-refractivity contribution in [2.24, 2.45) is 0 Å². The van der Waals surface area contributed by atoms with E-state index in [2.05, 4.69) is 31.2 Å². The van der Waals surface area contributed by atoms with Crippen LogP contribution in [0.25, 0.3) is 0 Å². The number of unbranched alkanes of at least 4 members (excludes halogenated alkanes) is 1. The van der Waals surface area contributed by atoms with Crippen molar-refractivity contribution in [1.82, 2.24) is 0 Å². The van der Waals surface area contributed by atoms with E-state index < -0.39 is 7.42 Å². The molecule has 0 aromatic heterocycles. The van der Waals surface area contributed by atoms with Gasteiger partial charge in [-0.2, -0.15) is 22.2 Å². The van der Waals surface area contributed by atoms with Gasteiger partial charge in [-0.1, -0.05) is 36.2 Å². The second-order valence-electron chi connectivity index (χ2n) is 3.62. The fourth-order valence-electron chi connectivity index (χ4n) is 1.38. The van der Waals surface area contributed by atoms with Gasteiger partial charge in [0.05, 0.1) is 0 Å². The monoisotopic (exact) mass is 246 g/mol. The molecule has 0 amide bonds. The Kier molecular flexibility index (Phi) is 5.60. The molecule has 1 aromatic carbocycles. The summed E-state index contributed by atoms with van der Waals surface area (Å²) in [4.78, 5) is 0. The molecule has 0 unspecified atom stereocenters. The molecule has 0 N–H and O–H groups in total. The van der Waals surface area contributed by atoms with E-state index in [1.54, 1.807) is 0 Å². The highest BCUT2D eigenvalue weighted by Crippen LogP contribution is 2.12. The highest BCUT2D eigenvalue weighted by Gasteiger charge is 2.01. The molecule has 78 valence electrons. The molecule has 1 aromatic rings. The molecule has 0 atom stereocenters. The van der Waals surface area contributed by atoms with E-state index in [4.69, 9.17) is 22.2 Å². The summed E-state index contributed by atoms with van der Waals surface area (Å²) in [7, 11) is -1.36. The topological polar surface area (TPSA) is 0 Å². The molecule has 1 rings (SSSR count). The summed E-state index contributed by atoms with van der Waals surface area (Å²) in [5, 5.41) is 0. The first-order valence-corrected chi connectivity index (χ1v) is 9.33. The second kappa shape index (κ2) is 6.49. The molecule has 14 heavy (non-hydrogen) atoms. The van der Waals surface area contributed by atoms with Crippen LogP contribution in [-0.2, 0) is 6.42 Å². The zero-order valence-electron chi connectivity index (χ0n) is 8.47. The van der Waals surface area contributed by atoms with Crippen LogP contribution in [0.4, 0.5) is 0 Å². The van der Waals surface area contributed by atoms with Crippen molar-refractivity contribution in [2.75, 3.05) is 0 Å². The maximum absolute atomic E-state index is 5.78. The number of hydrogen-bond acceptors (Lipinski definition) is 0. The van der Waals surface area contributed by atoms with Gasteiger partial charge in [0.1, 0.15) is 0 Å². The number of benzene rings is 1. The van der Waals surface area contributed by atoms with E-state index in [0.29, 0.717) is 0 Å². The van der Waals surface area contributed by atoms with Gasteiger partial charge in [0.15, 0.2) is 0 Å². The van der Waals surface area contributed by atoms with Gasteiger partial charge in [-0.3, -0.25) is 0 Å². The molecule has 0 fully saturated rings. The zero-order valence-corrected chi connectivity index (χ0v) is 11.1. The summed E-state index contributed by atoms with van der Waals surface area (Å²) < 4.78 is 0. The molecular formula is C11H16Cl2Si. The van der Waals surface area contributed by atoms with Crippen molar-refractivity contribution in [2.45, 2.75) is 32.2 Å². The Balaban J connectivity index is 2.21. The minimum atomic E-state index is -1.36. The van der Waals surface area contributed by atoms with Gasteiger partial charge < -0.3 is 0 Å². The third kappa shape index (κ3) is 5.04. The molecule has 0 nitrogen and oxygen atoms in total. The molecule has 0 aliphatic carbocycles. The minimum absolute atomic E-state index is 1.04. The summed E-state index contributed by atoms with van der Waals surface area (Å²) >= 11 is 11.6. The fourth-order valence-corrected chi connectivity index (χ4v) is 2.91. The molecule has 0 aliphatic heterocycles. The van der Waals surface area contributed by atoms with Gasteiger partial charge in [-0.25, -0.2) is 0 Å². The SMILES string of the molecule is Cc1ccc(CCCC[SiH](Cl)Cl)cc1. The quantitative estimate of drug-likeness (QED) is 0.419. The molecular weight excluding hydrogens is 231 g/mol. The molecule has 0 aliphatic rings. The average Bonchev–Trinajstić information content (AvgIpc) is 2.15. The van der Waals surface area contributed by atoms with Gasteiger partial charge >= 0.3 is 0 Å². The van der Waals surface area contributed by atoms with E-state index >= 15 is 0 Å². The first-order valence-electron chi connectivity index (χ1n) is 5.02. The zero-order chi connectivity index (χ0) is 10.4. The lowest BCUT2D eigenvalue weighted by Crippen LogP contribution is -1.92. The molecule has 0 radical (unpaired) electrons. The first-order chi connectivity index (χ1) is 6.68. The van der Waals surface area contributed by atoms with Crippen molar-refractivity contribution in [3.8, 4) is 0 Å². The molecule has 0 heterocycles. The fraction of sp³-hybridized carbons (Fsp3) is 0.455. The summed E-state index contributed by atoms with van der Waals surface area (Å²) in [5.41, 5.74) is 2.74. The summed E-state index contributed by atoms with van der Waals surface area (Å²) in [6.07, 6.45) is 3.51. The maximum Gasteiger partial charge on any atom is 0.237 e. The van der Waals surface area contributed by atoms with Crippen molar-refractivity contribution >= 4 is 29.6 Å². The highest BCUT2D eigenvalue weighted by atomic mass is 35.7. The highest BCUT2D eigenvalue weighted by molar-refractivity contribution is 7.33. The van der Waals surface area contributed by atoms with Crippen LogP contribution >= 0.6 is 22.2 Å². The summed E-state index contributed by atoms with van der Waals surface area (Å²) in [6.45, 7) is 2.11. The third-order valence-electron chi connectivity index (χ3n) is 2.26. The predicted octanol–water partition coefficient (Wildman–Crippen LogP) is 4.02. The Bertz CT molecular complexity index is 256. The third-order valence-corrected chi connectivity index (χ3v) is 4.41. The van der Waals surface area contributed by atoms with Crippen LogP contribution in [0.5, 0.6) is 0 Å². The van der Waals surface area contributed by atoms with Crippen molar-refractivity contribution < 1.29 is 0 Å². The number of rotatable bonds is 5. The first kappa shape index (κ1) is 12.1. The van der Waals surface area contributed by atoms with Gasteiger partial charge in [0, 0.05) is 0 Å². The van der Waals surface area contributed by atoms with Crippen molar-refractivity contribution in [3.63, 3.8) is 0 Å². The van der Waals surface area contributed by atoms with Crippen LogP contribution in [0.15, 0.2) is 24.3 Å². The van der Waals surface area contributed by atoms with E-state index in [1.165, 1.54) is 17.5 Å². The summed E-state index contributed by atoms with van der Waals surface area (Å²) in [5.74, 6) is 0. The number of aryl methyl sites for hydroxylation is 2. The maximum atomic E-state index is 5.78. The molecule has 0 bridgehead atoms. The van der Waals surface area contributed by atoms with Crippen molar-refractivity contribution in [1.29, 1.82) is 0 Å². The Morgan fingerprint density at radius 3 is 2.29 bits per heavy atom. The normalized spacial score (nSPS) is 10.9. The number of hydrogen-bond donors (Lipinski definition) is 0. The van der Waals surface area contributed by atoms with Gasteiger partial charge in [-0.15, -0.1) is 0 Å².